The fraction of sp³-hybridized carbons (Fsp3) is 0. The van der Waals surface area contributed by atoms with E-state index in [1.807, 2.05) is 24.4 Å². The molecule has 1 aromatic heterocycles. The Labute approximate surface area is 114 Å². The highest BCUT2D eigenvalue weighted by Gasteiger charge is 2.11. The normalized spacial score (nSPS) is 10.7. The molecule has 5 heteroatoms. The third-order valence-corrected chi connectivity index (χ3v) is 3.07. The number of halogens is 1. The number of rotatable bonds is 2. The lowest BCUT2D eigenvalue weighted by molar-refractivity contribution is 0.102. The molecule has 0 atom stereocenters. The molecule has 1 amide bonds. The number of nitrogens with two attached hydrogens (primary N) is 1. The fourth-order valence-electron chi connectivity index (χ4n) is 2.05. The van der Waals surface area contributed by atoms with E-state index in [9.17, 15) is 9.18 Å². The Kier molecular flexibility index (Phi) is 2.87. The number of hydrogen-bond donors (Lipinski definition) is 3. The first-order valence-electron chi connectivity index (χ1n) is 6.07. The zero-order valence-electron chi connectivity index (χ0n) is 10.5. The van der Waals surface area contributed by atoms with E-state index in [1.165, 1.54) is 12.1 Å². The summed E-state index contributed by atoms with van der Waals surface area (Å²) in [6.45, 7) is 0. The number of carbonyl (C=O) groups is 1. The summed E-state index contributed by atoms with van der Waals surface area (Å²) in [6, 6.07) is 11.1. The number of nitrogen functional groups attached to an aromatic ring is 1. The number of nitrogens with one attached hydrogen (secondary N) is 2. The summed E-state index contributed by atoms with van der Waals surface area (Å²) < 4.78 is 13.2. The lowest BCUT2D eigenvalue weighted by Gasteiger charge is -2.08. The number of benzene rings is 2. The first-order chi connectivity index (χ1) is 9.63. The first kappa shape index (κ1) is 12.2. The van der Waals surface area contributed by atoms with Gasteiger partial charge in [-0.15, -0.1) is 0 Å². The molecular weight excluding hydrogens is 257 g/mol. The highest BCUT2D eigenvalue weighted by molar-refractivity contribution is 6.08. The number of fused-ring (bicyclic) bond motifs is 1. The third kappa shape index (κ3) is 2.21. The molecule has 0 spiro atoms. The van der Waals surface area contributed by atoms with Gasteiger partial charge in [-0.25, -0.2) is 4.39 Å². The van der Waals surface area contributed by atoms with Crippen molar-refractivity contribution in [3.05, 3.63) is 60.0 Å². The van der Waals surface area contributed by atoms with Crippen LogP contribution in [0.25, 0.3) is 10.9 Å². The molecule has 100 valence electrons. The van der Waals surface area contributed by atoms with Crippen LogP contribution < -0.4 is 11.1 Å². The molecule has 0 aliphatic rings. The van der Waals surface area contributed by atoms with Crippen molar-refractivity contribution in [2.75, 3.05) is 11.1 Å². The minimum absolute atomic E-state index is 0.124. The molecule has 0 radical (unpaired) electrons. The van der Waals surface area contributed by atoms with Gasteiger partial charge in [0.05, 0.1) is 5.56 Å². The molecule has 4 nitrogen and oxygen atoms in total. The molecule has 0 fully saturated rings. The summed E-state index contributed by atoms with van der Waals surface area (Å²) in [7, 11) is 0. The number of aromatic amines is 1. The highest BCUT2D eigenvalue weighted by atomic mass is 19.1. The van der Waals surface area contributed by atoms with Crippen LogP contribution in [0.4, 0.5) is 15.8 Å². The summed E-state index contributed by atoms with van der Waals surface area (Å²) in [6.07, 6.45) is 1.82. The van der Waals surface area contributed by atoms with Gasteiger partial charge in [0.1, 0.15) is 5.82 Å². The highest BCUT2D eigenvalue weighted by Crippen LogP contribution is 2.20. The van der Waals surface area contributed by atoms with Gasteiger partial charge in [0.2, 0.25) is 0 Å². The lowest BCUT2D eigenvalue weighted by atomic mass is 10.1. The number of aromatic nitrogens is 1. The van der Waals surface area contributed by atoms with Crippen molar-refractivity contribution in [1.29, 1.82) is 0 Å². The van der Waals surface area contributed by atoms with E-state index in [1.54, 1.807) is 6.07 Å². The Balaban J connectivity index is 1.89. The number of amides is 1. The average molecular weight is 269 g/mol. The maximum Gasteiger partial charge on any atom is 0.257 e. The lowest BCUT2D eigenvalue weighted by Crippen LogP contribution is -2.14. The van der Waals surface area contributed by atoms with Gasteiger partial charge in [0, 0.05) is 28.5 Å². The zero-order chi connectivity index (χ0) is 14.1. The minimum Gasteiger partial charge on any atom is -0.398 e. The Morgan fingerprint density at radius 3 is 2.85 bits per heavy atom. The number of carbonyl (C=O) groups excluding carboxylic acids is 1. The molecule has 0 unspecified atom stereocenters. The topological polar surface area (TPSA) is 70.9 Å². The van der Waals surface area contributed by atoms with Crippen LogP contribution in [-0.4, -0.2) is 10.9 Å². The van der Waals surface area contributed by atoms with Crippen molar-refractivity contribution in [2.45, 2.75) is 0 Å². The Hall–Kier alpha value is -2.82. The molecular formula is C15H12FN3O. The van der Waals surface area contributed by atoms with Gasteiger partial charge in [0.25, 0.3) is 5.91 Å². The van der Waals surface area contributed by atoms with E-state index in [0.717, 1.165) is 17.0 Å². The van der Waals surface area contributed by atoms with Crippen molar-refractivity contribution in [2.24, 2.45) is 0 Å². The summed E-state index contributed by atoms with van der Waals surface area (Å²) in [5.74, 6) is -0.928. The minimum atomic E-state index is -0.495. The van der Waals surface area contributed by atoms with Crippen LogP contribution >= 0.6 is 0 Å². The van der Waals surface area contributed by atoms with Crippen molar-refractivity contribution in [1.82, 2.24) is 4.98 Å². The monoisotopic (exact) mass is 269 g/mol. The van der Waals surface area contributed by atoms with E-state index in [4.69, 9.17) is 5.73 Å². The van der Waals surface area contributed by atoms with Crippen molar-refractivity contribution in [3.8, 4) is 0 Å². The molecule has 0 aliphatic carbocycles. The van der Waals surface area contributed by atoms with E-state index in [-0.39, 0.29) is 11.3 Å². The average Bonchev–Trinajstić information content (AvgIpc) is 2.89. The zero-order valence-corrected chi connectivity index (χ0v) is 10.5. The van der Waals surface area contributed by atoms with Crippen LogP contribution in [0.15, 0.2) is 48.7 Å². The second-order valence-corrected chi connectivity index (χ2v) is 4.47. The Morgan fingerprint density at radius 2 is 2.00 bits per heavy atom. The summed E-state index contributed by atoms with van der Waals surface area (Å²) in [5, 5.41) is 3.69. The van der Waals surface area contributed by atoms with Crippen molar-refractivity contribution in [3.63, 3.8) is 0 Å². The van der Waals surface area contributed by atoms with E-state index in [2.05, 4.69) is 10.3 Å². The SMILES string of the molecule is Nc1ccc(F)cc1C(=O)Nc1ccc2[nH]ccc2c1. The van der Waals surface area contributed by atoms with Crippen LogP contribution in [-0.2, 0) is 0 Å². The molecule has 0 saturated heterocycles. The molecule has 3 rings (SSSR count). The van der Waals surface area contributed by atoms with Crippen LogP contribution in [0, 0.1) is 5.82 Å². The van der Waals surface area contributed by atoms with E-state index < -0.39 is 11.7 Å². The van der Waals surface area contributed by atoms with Gasteiger partial charge >= 0.3 is 0 Å². The Bertz CT molecular complexity index is 795. The summed E-state index contributed by atoms with van der Waals surface area (Å²) in [5.41, 5.74) is 7.66. The van der Waals surface area contributed by atoms with Gasteiger partial charge in [-0.05, 0) is 42.5 Å². The second-order valence-electron chi connectivity index (χ2n) is 4.47. The Morgan fingerprint density at radius 1 is 1.15 bits per heavy atom. The fourth-order valence-corrected chi connectivity index (χ4v) is 2.05. The van der Waals surface area contributed by atoms with E-state index in [0.29, 0.717) is 5.69 Å². The predicted octanol–water partition coefficient (Wildman–Crippen LogP) is 3.14. The van der Waals surface area contributed by atoms with Crippen LogP contribution in [0.5, 0.6) is 0 Å². The van der Waals surface area contributed by atoms with Gasteiger partial charge in [0.15, 0.2) is 0 Å². The predicted molar refractivity (Wildman–Crippen MR) is 77.1 cm³/mol. The van der Waals surface area contributed by atoms with Gasteiger partial charge < -0.3 is 16.0 Å². The first-order valence-corrected chi connectivity index (χ1v) is 6.07. The van der Waals surface area contributed by atoms with Crippen LogP contribution in [0.3, 0.4) is 0 Å². The van der Waals surface area contributed by atoms with Crippen LogP contribution in [0.2, 0.25) is 0 Å². The molecule has 0 bridgehead atoms. The van der Waals surface area contributed by atoms with Gasteiger partial charge in [-0.2, -0.15) is 0 Å². The second kappa shape index (κ2) is 4.70. The molecule has 0 saturated carbocycles. The van der Waals surface area contributed by atoms with E-state index >= 15 is 0 Å². The molecule has 0 aliphatic heterocycles. The van der Waals surface area contributed by atoms with Crippen molar-refractivity contribution >= 4 is 28.2 Å². The molecule has 4 N–H and O–H groups in total. The molecule has 1 heterocycles. The molecule has 3 aromatic rings. The maximum atomic E-state index is 13.2. The molecule has 2 aromatic carbocycles. The maximum absolute atomic E-state index is 13.2. The third-order valence-electron chi connectivity index (χ3n) is 3.07. The quantitative estimate of drug-likeness (QED) is 0.625. The van der Waals surface area contributed by atoms with Gasteiger partial charge in [-0.1, -0.05) is 0 Å². The number of anilines is 2. The van der Waals surface area contributed by atoms with Crippen LogP contribution in [0.1, 0.15) is 10.4 Å². The largest absolute Gasteiger partial charge is 0.398 e. The number of hydrogen-bond acceptors (Lipinski definition) is 2. The van der Waals surface area contributed by atoms with Gasteiger partial charge in [-0.3, -0.25) is 4.79 Å². The number of H-pyrrole nitrogens is 1. The molecule has 20 heavy (non-hydrogen) atoms. The summed E-state index contributed by atoms with van der Waals surface area (Å²) in [4.78, 5) is 15.2. The summed E-state index contributed by atoms with van der Waals surface area (Å²) >= 11 is 0. The standard InChI is InChI=1S/C15H12FN3O/c16-10-1-3-13(17)12(8-10)15(20)19-11-2-4-14-9(7-11)5-6-18-14/h1-8,18H,17H2,(H,19,20). The van der Waals surface area contributed by atoms with Crippen molar-refractivity contribution < 1.29 is 9.18 Å². The smallest absolute Gasteiger partial charge is 0.257 e.